The Hall–Kier alpha value is -2.80. The molecule has 168 valence electrons. The van der Waals surface area contributed by atoms with Gasteiger partial charge in [-0.25, -0.2) is 0 Å². The Morgan fingerprint density at radius 1 is 1.16 bits per heavy atom. The van der Waals surface area contributed by atoms with E-state index < -0.39 is 0 Å². The molecule has 32 heavy (non-hydrogen) atoms. The number of nitrogens with zero attached hydrogens (tertiary/aromatic N) is 2. The zero-order chi connectivity index (χ0) is 22.3. The van der Waals surface area contributed by atoms with Crippen LogP contribution in [0.25, 0.3) is 0 Å². The van der Waals surface area contributed by atoms with E-state index in [0.29, 0.717) is 17.9 Å². The van der Waals surface area contributed by atoms with Gasteiger partial charge in [-0.15, -0.1) is 0 Å². The molecule has 7 heteroatoms. The SMILES string of the molecule is COC(=O)CC1CCc2ccc(NC(=O)c3ccc(C=NN4CCSCC4)cc3)cc2C1. The van der Waals surface area contributed by atoms with E-state index >= 15 is 0 Å². The molecule has 1 atom stereocenters. The molecule has 1 aliphatic carbocycles. The standard InChI is InChI=1S/C25H29N3O3S/c1-31-24(29)15-19-4-5-20-8-9-23(16-22(20)14-19)27-25(30)21-6-2-18(3-7-21)17-26-28-10-12-32-13-11-28/h2-3,6-9,16-17,19H,4-5,10-15H2,1H3,(H,27,30). The number of anilines is 1. The van der Waals surface area contributed by atoms with E-state index in [2.05, 4.69) is 21.5 Å². The summed E-state index contributed by atoms with van der Waals surface area (Å²) in [5.74, 6) is 2.23. The van der Waals surface area contributed by atoms with Crippen LogP contribution in [-0.2, 0) is 22.4 Å². The lowest BCUT2D eigenvalue weighted by atomic mass is 9.82. The van der Waals surface area contributed by atoms with Gasteiger partial charge in [-0.2, -0.15) is 16.9 Å². The van der Waals surface area contributed by atoms with Crippen molar-refractivity contribution in [1.82, 2.24) is 5.01 Å². The summed E-state index contributed by atoms with van der Waals surface area (Å²) in [6.07, 6.45) is 5.06. The summed E-state index contributed by atoms with van der Waals surface area (Å²) < 4.78 is 4.81. The molecule has 1 amide bonds. The zero-order valence-corrected chi connectivity index (χ0v) is 19.2. The van der Waals surface area contributed by atoms with Gasteiger partial charge in [0, 0.05) is 42.3 Å². The van der Waals surface area contributed by atoms with Gasteiger partial charge in [0.25, 0.3) is 5.91 Å². The van der Waals surface area contributed by atoms with E-state index in [1.54, 1.807) is 0 Å². The first-order valence-corrected chi connectivity index (χ1v) is 12.2. The van der Waals surface area contributed by atoms with Crippen molar-refractivity contribution in [1.29, 1.82) is 0 Å². The van der Waals surface area contributed by atoms with Crippen molar-refractivity contribution in [3.8, 4) is 0 Å². The number of benzene rings is 2. The molecule has 1 saturated heterocycles. The van der Waals surface area contributed by atoms with Crippen molar-refractivity contribution in [2.24, 2.45) is 11.0 Å². The maximum Gasteiger partial charge on any atom is 0.305 e. The molecule has 1 heterocycles. The number of hydrazone groups is 1. The highest BCUT2D eigenvalue weighted by molar-refractivity contribution is 7.99. The molecule has 1 N–H and O–H groups in total. The second-order valence-corrected chi connectivity index (χ2v) is 9.48. The van der Waals surface area contributed by atoms with Crippen molar-refractivity contribution in [3.05, 3.63) is 64.7 Å². The average molecular weight is 452 g/mol. The summed E-state index contributed by atoms with van der Waals surface area (Å²) in [7, 11) is 1.43. The molecule has 0 spiro atoms. The summed E-state index contributed by atoms with van der Waals surface area (Å²) in [6, 6.07) is 13.6. The number of carbonyl (C=O) groups excluding carboxylic acids is 2. The summed E-state index contributed by atoms with van der Waals surface area (Å²) in [5, 5.41) is 9.62. The molecule has 0 aromatic heterocycles. The summed E-state index contributed by atoms with van der Waals surface area (Å²) in [4.78, 5) is 24.3. The molecule has 6 nitrogen and oxygen atoms in total. The van der Waals surface area contributed by atoms with Gasteiger partial charge in [0.15, 0.2) is 0 Å². The second kappa shape index (κ2) is 10.7. The molecule has 0 saturated carbocycles. The van der Waals surface area contributed by atoms with E-state index in [4.69, 9.17) is 4.74 Å². The number of amides is 1. The van der Waals surface area contributed by atoms with Crippen molar-refractivity contribution in [3.63, 3.8) is 0 Å². The quantitative estimate of drug-likeness (QED) is 0.531. The maximum absolute atomic E-state index is 12.7. The van der Waals surface area contributed by atoms with Gasteiger partial charge in [-0.3, -0.25) is 14.6 Å². The lowest BCUT2D eigenvalue weighted by Gasteiger charge is -2.24. The Bertz CT molecular complexity index is 984. The van der Waals surface area contributed by atoms with Crippen molar-refractivity contribution in [2.45, 2.75) is 25.7 Å². The topological polar surface area (TPSA) is 71.0 Å². The van der Waals surface area contributed by atoms with Crippen LogP contribution in [0.15, 0.2) is 47.6 Å². The van der Waals surface area contributed by atoms with Crippen LogP contribution in [0.3, 0.4) is 0 Å². The van der Waals surface area contributed by atoms with Gasteiger partial charge < -0.3 is 10.1 Å². The van der Waals surface area contributed by atoms with Gasteiger partial charge >= 0.3 is 5.97 Å². The molecule has 4 rings (SSSR count). The fourth-order valence-corrected chi connectivity index (χ4v) is 5.03. The number of ether oxygens (including phenoxy) is 1. The van der Waals surface area contributed by atoms with Gasteiger partial charge in [-0.05, 0) is 66.1 Å². The third-order valence-corrected chi connectivity index (χ3v) is 6.95. The number of aryl methyl sites for hydroxylation is 1. The Kier molecular flexibility index (Phi) is 7.47. The lowest BCUT2D eigenvalue weighted by Crippen LogP contribution is -2.27. The predicted molar refractivity (Wildman–Crippen MR) is 129 cm³/mol. The average Bonchev–Trinajstić information content (AvgIpc) is 2.83. The number of fused-ring (bicyclic) bond motifs is 1. The van der Waals surface area contributed by atoms with Gasteiger partial charge in [-0.1, -0.05) is 18.2 Å². The lowest BCUT2D eigenvalue weighted by molar-refractivity contribution is -0.141. The van der Waals surface area contributed by atoms with Crippen molar-refractivity contribution >= 4 is 35.5 Å². The van der Waals surface area contributed by atoms with Crippen LogP contribution >= 0.6 is 11.8 Å². The molecule has 2 aromatic rings. The first kappa shape index (κ1) is 22.4. The van der Waals surface area contributed by atoms with Crippen molar-refractivity contribution in [2.75, 3.05) is 37.0 Å². The number of thioether (sulfide) groups is 1. The second-order valence-electron chi connectivity index (χ2n) is 8.26. The monoisotopic (exact) mass is 451 g/mol. The summed E-state index contributed by atoms with van der Waals surface area (Å²) in [5.41, 5.74) is 4.86. The normalized spacial score (nSPS) is 18.3. The molecule has 0 radical (unpaired) electrons. The Morgan fingerprint density at radius 2 is 1.94 bits per heavy atom. The minimum atomic E-state index is -0.161. The molecule has 2 aromatic carbocycles. The van der Waals surface area contributed by atoms with E-state index in [9.17, 15) is 9.59 Å². The predicted octanol–water partition coefficient (Wildman–Crippen LogP) is 3.99. The zero-order valence-electron chi connectivity index (χ0n) is 18.4. The Balaban J connectivity index is 1.36. The molecular weight excluding hydrogens is 422 g/mol. The van der Waals surface area contributed by atoms with Crippen LogP contribution in [0.2, 0.25) is 0 Å². The first-order valence-electron chi connectivity index (χ1n) is 11.1. The molecule has 1 aliphatic heterocycles. The van der Waals surface area contributed by atoms with E-state index in [-0.39, 0.29) is 11.9 Å². The number of rotatable bonds is 6. The number of hydrogen-bond donors (Lipinski definition) is 1. The third-order valence-electron chi connectivity index (χ3n) is 6.01. The molecule has 0 bridgehead atoms. The largest absolute Gasteiger partial charge is 0.469 e. The molecule has 2 aliphatic rings. The van der Waals surface area contributed by atoms with E-state index in [1.807, 2.05) is 54.4 Å². The maximum atomic E-state index is 12.7. The molecule has 1 fully saturated rings. The number of nitrogens with one attached hydrogen (secondary N) is 1. The Labute approximate surface area is 193 Å². The van der Waals surface area contributed by atoms with Gasteiger partial charge in [0.2, 0.25) is 0 Å². The smallest absolute Gasteiger partial charge is 0.305 e. The van der Waals surface area contributed by atoms with Crippen LogP contribution in [-0.4, -0.2) is 54.8 Å². The van der Waals surface area contributed by atoms with Crippen LogP contribution in [0.1, 0.15) is 39.9 Å². The summed E-state index contributed by atoms with van der Waals surface area (Å²) >= 11 is 1.96. The highest BCUT2D eigenvalue weighted by Gasteiger charge is 2.22. The van der Waals surface area contributed by atoms with E-state index in [0.717, 1.165) is 55.1 Å². The Morgan fingerprint density at radius 3 is 2.69 bits per heavy atom. The number of methoxy groups -OCH3 is 1. The number of carbonyl (C=O) groups is 2. The highest BCUT2D eigenvalue weighted by Crippen LogP contribution is 2.30. The number of hydrogen-bond acceptors (Lipinski definition) is 6. The molecule has 1 unspecified atom stereocenters. The van der Waals surface area contributed by atoms with Gasteiger partial charge in [0.05, 0.1) is 13.3 Å². The van der Waals surface area contributed by atoms with Crippen LogP contribution < -0.4 is 5.32 Å². The van der Waals surface area contributed by atoms with Crippen LogP contribution in [0.5, 0.6) is 0 Å². The fraction of sp³-hybridized carbons (Fsp3) is 0.400. The first-order chi connectivity index (χ1) is 15.6. The molecular formula is C25H29N3O3S. The van der Waals surface area contributed by atoms with E-state index in [1.165, 1.54) is 18.2 Å². The van der Waals surface area contributed by atoms with Crippen molar-refractivity contribution < 1.29 is 14.3 Å². The van der Waals surface area contributed by atoms with Crippen LogP contribution in [0, 0.1) is 5.92 Å². The van der Waals surface area contributed by atoms with Gasteiger partial charge in [0.1, 0.15) is 0 Å². The highest BCUT2D eigenvalue weighted by atomic mass is 32.2. The number of esters is 1. The summed E-state index contributed by atoms with van der Waals surface area (Å²) in [6.45, 7) is 1.96. The minimum absolute atomic E-state index is 0.136. The third kappa shape index (κ3) is 5.91. The fourth-order valence-electron chi connectivity index (χ4n) is 4.14. The van der Waals surface area contributed by atoms with Crippen LogP contribution in [0.4, 0.5) is 5.69 Å². The minimum Gasteiger partial charge on any atom is -0.469 e.